The van der Waals surface area contributed by atoms with Gasteiger partial charge in [-0.05, 0) is 36.4 Å². The molecule has 0 unspecified atom stereocenters. The van der Waals surface area contributed by atoms with Crippen LogP contribution in [0.25, 0.3) is 16.7 Å². The Labute approximate surface area is 161 Å². The van der Waals surface area contributed by atoms with Crippen molar-refractivity contribution in [2.24, 2.45) is 0 Å². The smallest absolute Gasteiger partial charge is 0.229 e. The van der Waals surface area contributed by atoms with Gasteiger partial charge in [-0.1, -0.05) is 0 Å². The number of aromatic nitrogens is 4. The molecule has 0 spiro atoms. The lowest BCUT2D eigenvalue weighted by Crippen LogP contribution is -2.01. The zero-order valence-corrected chi connectivity index (χ0v) is 16.0. The number of hydrogen-bond donors (Lipinski definition) is 1. The van der Waals surface area contributed by atoms with Gasteiger partial charge in [0.15, 0.2) is 9.84 Å². The zero-order chi connectivity index (χ0) is 19.7. The van der Waals surface area contributed by atoms with Crippen molar-refractivity contribution in [3.05, 3.63) is 61.1 Å². The molecule has 0 amide bonds. The van der Waals surface area contributed by atoms with Gasteiger partial charge >= 0.3 is 0 Å². The minimum Gasteiger partial charge on any atom is -0.481 e. The van der Waals surface area contributed by atoms with E-state index in [0.29, 0.717) is 17.5 Å². The van der Waals surface area contributed by atoms with E-state index in [1.165, 1.54) is 6.26 Å². The number of sulfone groups is 1. The van der Waals surface area contributed by atoms with Crippen LogP contribution in [0.1, 0.15) is 0 Å². The minimum absolute atomic E-state index is 0.275. The number of ether oxygens (including phenoxy) is 1. The summed E-state index contributed by atoms with van der Waals surface area (Å²) in [5.74, 6) is 0.945. The first-order valence-electron chi connectivity index (χ1n) is 8.36. The second kappa shape index (κ2) is 6.93. The fourth-order valence-corrected chi connectivity index (χ4v) is 3.38. The molecule has 0 aliphatic rings. The van der Waals surface area contributed by atoms with Crippen LogP contribution in [-0.4, -0.2) is 41.3 Å². The molecule has 9 heteroatoms. The molecule has 0 aliphatic carbocycles. The quantitative estimate of drug-likeness (QED) is 0.554. The minimum atomic E-state index is -3.24. The van der Waals surface area contributed by atoms with Crippen LogP contribution in [0, 0.1) is 0 Å². The predicted molar refractivity (Wildman–Crippen MR) is 106 cm³/mol. The Hall–Kier alpha value is -3.46. The maximum Gasteiger partial charge on any atom is 0.229 e. The first-order chi connectivity index (χ1) is 13.4. The molecule has 1 N–H and O–H groups in total. The van der Waals surface area contributed by atoms with Crippen molar-refractivity contribution < 1.29 is 13.2 Å². The maximum atomic E-state index is 11.7. The van der Waals surface area contributed by atoms with Gasteiger partial charge in [0.25, 0.3) is 0 Å². The van der Waals surface area contributed by atoms with Gasteiger partial charge in [0, 0.05) is 35.8 Å². The third-order valence-corrected chi connectivity index (χ3v) is 5.30. The monoisotopic (exact) mass is 395 g/mol. The summed E-state index contributed by atoms with van der Waals surface area (Å²) in [6, 6.07) is 12.1. The van der Waals surface area contributed by atoms with Gasteiger partial charge in [-0.25, -0.2) is 18.4 Å². The number of nitrogens with one attached hydrogen (secondary N) is 1. The Bertz CT molecular complexity index is 1230. The number of rotatable bonds is 5. The Balaban J connectivity index is 1.67. The van der Waals surface area contributed by atoms with Crippen LogP contribution in [0.3, 0.4) is 0 Å². The zero-order valence-electron chi connectivity index (χ0n) is 15.2. The van der Waals surface area contributed by atoms with E-state index in [9.17, 15) is 8.42 Å². The third kappa shape index (κ3) is 3.52. The standard InChI is InChI=1S/C19H17N5O3S/c1-27-17-8-3-14(12-20-17)22-19-21-11-13-9-10-24(18(13)23-19)15-4-6-16(7-5-15)28(2,25)26/h3-12H,1-2H3,(H,21,22,23). The largest absolute Gasteiger partial charge is 0.481 e. The molecule has 142 valence electrons. The van der Waals surface area contributed by atoms with Crippen LogP contribution in [0.15, 0.2) is 66.0 Å². The molecule has 8 nitrogen and oxygen atoms in total. The lowest BCUT2D eigenvalue weighted by atomic mass is 10.3. The fraction of sp³-hybridized carbons (Fsp3) is 0.105. The van der Waals surface area contributed by atoms with E-state index in [2.05, 4.69) is 20.3 Å². The number of nitrogens with zero attached hydrogens (tertiary/aromatic N) is 4. The number of fused-ring (bicyclic) bond motifs is 1. The predicted octanol–water partition coefficient (Wildman–Crippen LogP) is 2.97. The van der Waals surface area contributed by atoms with Crippen LogP contribution in [0.2, 0.25) is 0 Å². The Morgan fingerprint density at radius 2 is 1.79 bits per heavy atom. The molecule has 0 saturated heterocycles. The molecule has 3 aromatic heterocycles. The van der Waals surface area contributed by atoms with Gasteiger partial charge in [-0.3, -0.25) is 0 Å². The van der Waals surface area contributed by atoms with Crippen molar-refractivity contribution in [2.75, 3.05) is 18.7 Å². The second-order valence-corrected chi connectivity index (χ2v) is 8.15. The highest BCUT2D eigenvalue weighted by Crippen LogP contribution is 2.22. The average Bonchev–Trinajstić information content (AvgIpc) is 3.11. The highest BCUT2D eigenvalue weighted by Gasteiger charge is 2.10. The number of pyridine rings is 1. The molecule has 4 rings (SSSR count). The maximum absolute atomic E-state index is 11.7. The SMILES string of the molecule is COc1ccc(Nc2ncc3ccn(-c4ccc(S(C)(=O)=O)cc4)c3n2)cn1. The van der Waals surface area contributed by atoms with E-state index in [1.54, 1.807) is 49.8 Å². The van der Waals surface area contributed by atoms with Crippen LogP contribution in [-0.2, 0) is 9.84 Å². The summed E-state index contributed by atoms with van der Waals surface area (Å²) < 4.78 is 30.2. The molecule has 28 heavy (non-hydrogen) atoms. The van der Waals surface area contributed by atoms with E-state index in [1.807, 2.05) is 22.9 Å². The molecule has 0 saturated carbocycles. The van der Waals surface area contributed by atoms with Gasteiger partial charge in [0.1, 0.15) is 5.65 Å². The number of methoxy groups -OCH3 is 1. The average molecular weight is 395 g/mol. The van der Waals surface area contributed by atoms with E-state index in [-0.39, 0.29) is 4.90 Å². The Morgan fingerprint density at radius 3 is 2.43 bits per heavy atom. The summed E-state index contributed by atoms with van der Waals surface area (Å²) in [5.41, 5.74) is 2.24. The molecular formula is C19H17N5O3S. The van der Waals surface area contributed by atoms with Crippen molar-refractivity contribution in [1.29, 1.82) is 0 Å². The molecule has 0 aliphatic heterocycles. The van der Waals surface area contributed by atoms with Gasteiger partial charge in [0.05, 0.1) is 23.9 Å². The topological polar surface area (TPSA) is 99.0 Å². The highest BCUT2D eigenvalue weighted by molar-refractivity contribution is 7.90. The number of hydrogen-bond acceptors (Lipinski definition) is 7. The van der Waals surface area contributed by atoms with E-state index in [0.717, 1.165) is 16.8 Å². The van der Waals surface area contributed by atoms with Crippen LogP contribution < -0.4 is 10.1 Å². The van der Waals surface area contributed by atoms with Crippen LogP contribution >= 0.6 is 0 Å². The fourth-order valence-electron chi connectivity index (χ4n) is 2.74. The summed E-state index contributed by atoms with van der Waals surface area (Å²) in [5, 5.41) is 3.98. The normalized spacial score (nSPS) is 11.5. The van der Waals surface area contributed by atoms with Gasteiger partial charge in [-0.2, -0.15) is 4.98 Å². The van der Waals surface area contributed by atoms with Gasteiger partial charge in [0.2, 0.25) is 11.8 Å². The number of benzene rings is 1. The third-order valence-electron chi connectivity index (χ3n) is 4.17. The number of anilines is 2. The van der Waals surface area contributed by atoms with Gasteiger partial charge in [-0.15, -0.1) is 0 Å². The molecule has 0 bridgehead atoms. The van der Waals surface area contributed by atoms with Crippen LogP contribution in [0.5, 0.6) is 5.88 Å². The van der Waals surface area contributed by atoms with Crippen LogP contribution in [0.4, 0.5) is 11.6 Å². The highest BCUT2D eigenvalue weighted by atomic mass is 32.2. The van der Waals surface area contributed by atoms with Crippen molar-refractivity contribution >= 4 is 32.5 Å². The lowest BCUT2D eigenvalue weighted by molar-refractivity contribution is 0.398. The lowest BCUT2D eigenvalue weighted by Gasteiger charge is -2.08. The summed E-state index contributed by atoms with van der Waals surface area (Å²) in [4.78, 5) is 13.3. The molecule has 0 atom stereocenters. The first-order valence-corrected chi connectivity index (χ1v) is 10.2. The molecule has 4 aromatic rings. The Kier molecular flexibility index (Phi) is 4.44. The van der Waals surface area contributed by atoms with Crippen molar-refractivity contribution in [3.63, 3.8) is 0 Å². The summed E-state index contributed by atoms with van der Waals surface area (Å²) in [7, 11) is -1.68. The Morgan fingerprint density at radius 1 is 1.00 bits per heavy atom. The first kappa shape index (κ1) is 17.9. The molecule has 0 fully saturated rings. The van der Waals surface area contributed by atoms with E-state index < -0.39 is 9.84 Å². The molecule has 0 radical (unpaired) electrons. The molecule has 3 heterocycles. The second-order valence-electron chi connectivity index (χ2n) is 6.14. The molecular weight excluding hydrogens is 378 g/mol. The summed E-state index contributed by atoms with van der Waals surface area (Å²) in [6.45, 7) is 0. The van der Waals surface area contributed by atoms with E-state index >= 15 is 0 Å². The van der Waals surface area contributed by atoms with Crippen molar-refractivity contribution in [3.8, 4) is 11.6 Å². The summed E-state index contributed by atoms with van der Waals surface area (Å²) in [6.07, 6.45) is 6.41. The summed E-state index contributed by atoms with van der Waals surface area (Å²) >= 11 is 0. The molecule has 1 aromatic carbocycles. The van der Waals surface area contributed by atoms with Gasteiger partial charge < -0.3 is 14.6 Å². The van der Waals surface area contributed by atoms with Crippen molar-refractivity contribution in [1.82, 2.24) is 19.5 Å². The van der Waals surface area contributed by atoms with E-state index in [4.69, 9.17) is 4.74 Å². The van der Waals surface area contributed by atoms with Crippen molar-refractivity contribution in [2.45, 2.75) is 4.90 Å².